The average Bonchev–Trinajstić information content (AvgIpc) is 3.25. The molecule has 0 bridgehead atoms. The van der Waals surface area contributed by atoms with E-state index in [1.807, 2.05) is 30.0 Å². The molecule has 1 amide bonds. The van der Waals surface area contributed by atoms with Crippen LogP contribution in [0.15, 0.2) is 36.4 Å². The van der Waals surface area contributed by atoms with Gasteiger partial charge in [0.15, 0.2) is 0 Å². The minimum Gasteiger partial charge on any atom is -0.330 e. The highest BCUT2D eigenvalue weighted by atomic mass is 32.1. The molecule has 0 unspecified atom stereocenters. The Balaban J connectivity index is 1.90. The van der Waals surface area contributed by atoms with Crippen molar-refractivity contribution in [2.24, 2.45) is 0 Å². The monoisotopic (exact) mass is 383 g/mol. The summed E-state index contributed by atoms with van der Waals surface area (Å²) in [5.41, 5.74) is 2.16. The van der Waals surface area contributed by atoms with Crippen LogP contribution in [-0.2, 0) is 13.1 Å². The van der Waals surface area contributed by atoms with E-state index in [1.54, 1.807) is 11.3 Å². The van der Waals surface area contributed by atoms with Gasteiger partial charge in [-0.25, -0.2) is 4.98 Å². The Labute approximate surface area is 165 Å². The number of thiophene rings is 1. The second-order valence-electron chi connectivity index (χ2n) is 7.01. The van der Waals surface area contributed by atoms with Crippen LogP contribution in [0.1, 0.15) is 59.9 Å². The van der Waals surface area contributed by atoms with E-state index < -0.39 is 0 Å². The highest BCUT2D eigenvalue weighted by molar-refractivity contribution is 7.13. The Morgan fingerprint density at radius 3 is 2.63 bits per heavy atom. The molecule has 0 aliphatic heterocycles. The van der Waals surface area contributed by atoms with E-state index in [4.69, 9.17) is 4.98 Å². The minimum atomic E-state index is 0.124. The van der Waals surface area contributed by atoms with Gasteiger partial charge < -0.3 is 9.47 Å². The van der Waals surface area contributed by atoms with Crippen LogP contribution in [0.4, 0.5) is 0 Å². The van der Waals surface area contributed by atoms with Crippen molar-refractivity contribution in [3.63, 3.8) is 0 Å². The minimum absolute atomic E-state index is 0.124. The third-order valence-corrected chi connectivity index (χ3v) is 5.77. The number of fused-ring (bicyclic) bond motifs is 1. The van der Waals surface area contributed by atoms with Gasteiger partial charge in [0.05, 0.1) is 22.5 Å². The van der Waals surface area contributed by atoms with Crippen molar-refractivity contribution in [2.75, 3.05) is 6.54 Å². The van der Waals surface area contributed by atoms with Gasteiger partial charge in [0.1, 0.15) is 5.82 Å². The van der Waals surface area contributed by atoms with Gasteiger partial charge in [-0.1, -0.05) is 38.8 Å². The third kappa shape index (κ3) is 4.59. The van der Waals surface area contributed by atoms with E-state index in [2.05, 4.69) is 36.6 Å². The fraction of sp³-hybridized carbons (Fsp3) is 0.455. The van der Waals surface area contributed by atoms with Gasteiger partial charge >= 0.3 is 0 Å². The zero-order valence-corrected chi connectivity index (χ0v) is 17.4. The van der Waals surface area contributed by atoms with E-state index in [0.29, 0.717) is 6.54 Å². The van der Waals surface area contributed by atoms with Gasteiger partial charge in [0.2, 0.25) is 0 Å². The number of carbonyl (C=O) groups excluding carboxylic acids is 1. The van der Waals surface area contributed by atoms with Crippen molar-refractivity contribution in [2.45, 2.75) is 59.5 Å². The van der Waals surface area contributed by atoms with Crippen molar-refractivity contribution in [3.05, 3.63) is 52.0 Å². The molecule has 0 saturated heterocycles. The number of para-hydroxylation sites is 2. The van der Waals surface area contributed by atoms with Crippen molar-refractivity contribution in [1.29, 1.82) is 0 Å². The predicted molar refractivity (Wildman–Crippen MR) is 113 cm³/mol. The van der Waals surface area contributed by atoms with Gasteiger partial charge in [-0.2, -0.15) is 0 Å². The van der Waals surface area contributed by atoms with Crippen LogP contribution in [0.2, 0.25) is 0 Å². The van der Waals surface area contributed by atoms with Gasteiger partial charge in [0.25, 0.3) is 5.91 Å². The maximum absolute atomic E-state index is 13.1. The van der Waals surface area contributed by atoms with Crippen molar-refractivity contribution < 1.29 is 4.79 Å². The highest BCUT2D eigenvalue weighted by Gasteiger charge is 2.20. The molecule has 0 saturated carbocycles. The summed E-state index contributed by atoms with van der Waals surface area (Å²) in [6.45, 7) is 8.67. The maximum Gasteiger partial charge on any atom is 0.264 e. The molecular formula is C22H29N3OS. The summed E-state index contributed by atoms with van der Waals surface area (Å²) in [4.78, 5) is 22.0. The largest absolute Gasteiger partial charge is 0.330 e. The number of rotatable bonds is 9. The molecule has 0 radical (unpaired) electrons. The molecule has 5 heteroatoms. The van der Waals surface area contributed by atoms with Crippen LogP contribution < -0.4 is 0 Å². The second kappa shape index (κ2) is 9.18. The van der Waals surface area contributed by atoms with Crippen LogP contribution in [0.3, 0.4) is 0 Å². The van der Waals surface area contributed by atoms with Gasteiger partial charge in [-0.3, -0.25) is 4.79 Å². The maximum atomic E-state index is 13.1. The molecule has 2 heterocycles. The number of nitrogens with zero attached hydrogens (tertiary/aromatic N) is 3. The SMILES string of the molecule is CCCCCN(Cc1nc2ccccc2n1CCC)C(=O)c1ccc(C)s1. The summed E-state index contributed by atoms with van der Waals surface area (Å²) in [5, 5.41) is 0. The van der Waals surface area contributed by atoms with Crippen LogP contribution in [0, 0.1) is 6.92 Å². The topological polar surface area (TPSA) is 38.1 Å². The zero-order valence-electron chi connectivity index (χ0n) is 16.6. The quantitative estimate of drug-likeness (QED) is 0.448. The summed E-state index contributed by atoms with van der Waals surface area (Å²) in [6.07, 6.45) is 4.36. The first-order chi connectivity index (χ1) is 13.1. The standard InChI is InChI=1S/C22H29N3OS/c1-4-6-9-15-24(22(26)20-13-12-17(3)27-20)16-21-23-18-10-7-8-11-19(18)25(21)14-5-2/h7-8,10-13H,4-6,9,14-16H2,1-3H3. The van der Waals surface area contributed by atoms with Crippen molar-refractivity contribution in [3.8, 4) is 0 Å². The summed E-state index contributed by atoms with van der Waals surface area (Å²) in [6, 6.07) is 12.2. The summed E-state index contributed by atoms with van der Waals surface area (Å²) >= 11 is 1.58. The molecular weight excluding hydrogens is 354 g/mol. The van der Waals surface area contributed by atoms with E-state index in [9.17, 15) is 4.79 Å². The normalized spacial score (nSPS) is 11.2. The first-order valence-electron chi connectivity index (χ1n) is 9.93. The lowest BCUT2D eigenvalue weighted by molar-refractivity contribution is 0.0739. The number of hydrogen-bond donors (Lipinski definition) is 0. The number of amides is 1. The molecule has 0 aliphatic carbocycles. The predicted octanol–water partition coefficient (Wildman–Crippen LogP) is 5.65. The average molecular weight is 384 g/mol. The van der Waals surface area contributed by atoms with Gasteiger partial charge in [0, 0.05) is 18.0 Å². The first-order valence-corrected chi connectivity index (χ1v) is 10.8. The molecule has 0 spiro atoms. The Kier molecular flexibility index (Phi) is 6.67. The number of aryl methyl sites for hydroxylation is 2. The molecule has 1 aromatic carbocycles. The lowest BCUT2D eigenvalue weighted by Gasteiger charge is -2.22. The lowest BCUT2D eigenvalue weighted by Crippen LogP contribution is -2.32. The van der Waals surface area contributed by atoms with Crippen LogP contribution in [0.5, 0.6) is 0 Å². The van der Waals surface area contributed by atoms with Crippen LogP contribution in [-0.4, -0.2) is 26.9 Å². The summed E-state index contributed by atoms with van der Waals surface area (Å²) in [7, 11) is 0. The molecule has 144 valence electrons. The third-order valence-electron chi connectivity index (χ3n) is 4.78. The smallest absolute Gasteiger partial charge is 0.264 e. The zero-order chi connectivity index (χ0) is 19.2. The molecule has 0 fully saturated rings. The number of hydrogen-bond acceptors (Lipinski definition) is 3. The van der Waals surface area contributed by atoms with E-state index in [0.717, 1.165) is 60.5 Å². The molecule has 3 rings (SSSR count). The summed E-state index contributed by atoms with van der Waals surface area (Å²) < 4.78 is 2.27. The highest BCUT2D eigenvalue weighted by Crippen LogP contribution is 2.22. The van der Waals surface area contributed by atoms with E-state index in [-0.39, 0.29) is 5.91 Å². The number of benzene rings is 1. The van der Waals surface area contributed by atoms with Crippen molar-refractivity contribution >= 4 is 28.3 Å². The molecule has 3 aromatic rings. The van der Waals surface area contributed by atoms with Crippen LogP contribution in [0.25, 0.3) is 11.0 Å². The first kappa shape index (κ1) is 19.6. The Bertz CT molecular complexity index is 896. The molecule has 27 heavy (non-hydrogen) atoms. The number of unbranched alkanes of at least 4 members (excludes halogenated alkanes) is 2. The molecule has 0 N–H and O–H groups in total. The number of aromatic nitrogens is 2. The van der Waals surface area contributed by atoms with Gasteiger partial charge in [-0.05, 0) is 44.0 Å². The number of carbonyl (C=O) groups is 1. The number of imidazole rings is 1. The van der Waals surface area contributed by atoms with Crippen molar-refractivity contribution in [1.82, 2.24) is 14.5 Å². The lowest BCUT2D eigenvalue weighted by atomic mass is 10.2. The Morgan fingerprint density at radius 2 is 1.93 bits per heavy atom. The van der Waals surface area contributed by atoms with Crippen LogP contribution >= 0.6 is 11.3 Å². The summed E-state index contributed by atoms with van der Waals surface area (Å²) in [5.74, 6) is 1.11. The fourth-order valence-corrected chi connectivity index (χ4v) is 4.24. The molecule has 4 nitrogen and oxygen atoms in total. The second-order valence-corrected chi connectivity index (χ2v) is 8.30. The molecule has 2 aromatic heterocycles. The molecule has 0 aliphatic rings. The van der Waals surface area contributed by atoms with E-state index in [1.165, 1.54) is 4.88 Å². The molecule has 0 atom stereocenters. The Morgan fingerprint density at radius 1 is 1.11 bits per heavy atom. The van der Waals surface area contributed by atoms with Gasteiger partial charge in [-0.15, -0.1) is 11.3 Å². The van der Waals surface area contributed by atoms with E-state index >= 15 is 0 Å². The Hall–Kier alpha value is -2.14. The fourth-order valence-electron chi connectivity index (χ4n) is 3.40.